The lowest BCUT2D eigenvalue weighted by atomic mass is 10.2. The van der Waals surface area contributed by atoms with Crippen molar-refractivity contribution in [1.29, 1.82) is 0 Å². The second kappa shape index (κ2) is 5.27. The molecule has 0 aromatic heterocycles. The first kappa shape index (κ1) is 12.0. The number of phenols is 1. The van der Waals surface area contributed by atoms with Crippen molar-refractivity contribution in [3.05, 3.63) is 27.3 Å². The molecule has 0 bridgehead atoms. The Bertz CT molecular complexity index is 405. The summed E-state index contributed by atoms with van der Waals surface area (Å²) in [5.74, 6) is 2.20. The molecule has 86 valence electrons. The second-order valence-electron chi connectivity index (χ2n) is 3.57. The van der Waals surface area contributed by atoms with Crippen LogP contribution in [0.5, 0.6) is 5.75 Å². The first-order valence-electron chi connectivity index (χ1n) is 5.04. The van der Waals surface area contributed by atoms with E-state index in [1.54, 1.807) is 18.2 Å². The molecule has 1 aliphatic rings. The number of hydrogen-bond acceptors (Lipinski definition) is 3. The Morgan fingerprint density at radius 3 is 2.69 bits per heavy atom. The van der Waals surface area contributed by atoms with Gasteiger partial charge >= 0.3 is 0 Å². The fourth-order valence-corrected chi connectivity index (χ4v) is 2.83. The smallest absolute Gasteiger partial charge is 0.254 e. The summed E-state index contributed by atoms with van der Waals surface area (Å²) in [6.07, 6.45) is 0. The fraction of sp³-hybridized carbons (Fsp3) is 0.364. The summed E-state index contributed by atoms with van der Waals surface area (Å²) in [6, 6.07) is 5.08. The molecule has 0 saturated carbocycles. The summed E-state index contributed by atoms with van der Waals surface area (Å²) >= 11 is 3.91. The van der Waals surface area contributed by atoms with Gasteiger partial charge in [0.25, 0.3) is 5.91 Å². The van der Waals surface area contributed by atoms with Crippen LogP contribution in [0.15, 0.2) is 18.2 Å². The predicted molar refractivity (Wildman–Crippen MR) is 74.1 cm³/mol. The summed E-state index contributed by atoms with van der Waals surface area (Å²) in [5, 5.41) is 9.56. The Morgan fingerprint density at radius 1 is 1.38 bits per heavy atom. The van der Waals surface area contributed by atoms with Crippen LogP contribution in [0.2, 0.25) is 0 Å². The molecule has 0 spiro atoms. The largest absolute Gasteiger partial charge is 0.507 e. The number of rotatable bonds is 1. The van der Waals surface area contributed by atoms with Crippen molar-refractivity contribution < 1.29 is 9.90 Å². The predicted octanol–water partition coefficient (Wildman–Crippen LogP) is 2.19. The van der Waals surface area contributed by atoms with Crippen molar-refractivity contribution in [3.63, 3.8) is 0 Å². The van der Waals surface area contributed by atoms with Gasteiger partial charge in [-0.2, -0.15) is 11.8 Å². The molecular formula is C11H12INO2S. The van der Waals surface area contributed by atoms with E-state index in [1.807, 2.05) is 39.3 Å². The van der Waals surface area contributed by atoms with Crippen LogP contribution in [0.4, 0.5) is 0 Å². The molecule has 1 amide bonds. The molecular weight excluding hydrogens is 337 g/mol. The molecule has 0 unspecified atom stereocenters. The summed E-state index contributed by atoms with van der Waals surface area (Å²) < 4.78 is 0.767. The number of benzene rings is 1. The zero-order valence-corrected chi connectivity index (χ0v) is 11.6. The van der Waals surface area contributed by atoms with Gasteiger partial charge in [-0.25, -0.2) is 0 Å². The SMILES string of the molecule is O=C(c1ccc(I)c(O)c1)N1CCSCC1. The normalized spacial score (nSPS) is 16.2. The highest BCUT2D eigenvalue weighted by Crippen LogP contribution is 2.22. The Labute approximate surface area is 112 Å². The van der Waals surface area contributed by atoms with Gasteiger partial charge in [0.05, 0.1) is 3.57 Å². The maximum atomic E-state index is 12.1. The van der Waals surface area contributed by atoms with Crippen LogP contribution in [-0.2, 0) is 0 Å². The summed E-state index contributed by atoms with van der Waals surface area (Å²) in [6.45, 7) is 1.60. The lowest BCUT2D eigenvalue weighted by Gasteiger charge is -2.26. The summed E-state index contributed by atoms with van der Waals surface area (Å²) in [5.41, 5.74) is 0.574. The van der Waals surface area contributed by atoms with E-state index in [2.05, 4.69) is 0 Å². The quantitative estimate of drug-likeness (QED) is 0.791. The number of aromatic hydroxyl groups is 1. The molecule has 0 atom stereocenters. The highest BCUT2D eigenvalue weighted by molar-refractivity contribution is 14.1. The minimum Gasteiger partial charge on any atom is -0.507 e. The van der Waals surface area contributed by atoms with Gasteiger partial charge in [-0.05, 0) is 40.8 Å². The third-order valence-corrected chi connectivity index (χ3v) is 4.35. The molecule has 1 aromatic carbocycles. The van der Waals surface area contributed by atoms with E-state index >= 15 is 0 Å². The van der Waals surface area contributed by atoms with Gasteiger partial charge in [0.1, 0.15) is 5.75 Å². The number of carbonyl (C=O) groups excluding carboxylic acids is 1. The van der Waals surface area contributed by atoms with Gasteiger partial charge in [-0.15, -0.1) is 0 Å². The van der Waals surface area contributed by atoms with Crippen molar-refractivity contribution in [1.82, 2.24) is 4.90 Å². The van der Waals surface area contributed by atoms with Crippen molar-refractivity contribution in [2.24, 2.45) is 0 Å². The molecule has 16 heavy (non-hydrogen) atoms. The molecule has 2 rings (SSSR count). The third-order valence-electron chi connectivity index (χ3n) is 2.49. The van der Waals surface area contributed by atoms with Gasteiger partial charge < -0.3 is 10.0 Å². The molecule has 0 radical (unpaired) electrons. The minimum absolute atomic E-state index is 0.0204. The Morgan fingerprint density at radius 2 is 2.06 bits per heavy atom. The summed E-state index contributed by atoms with van der Waals surface area (Å²) in [4.78, 5) is 13.9. The number of halogens is 1. The van der Waals surface area contributed by atoms with Crippen molar-refractivity contribution >= 4 is 40.3 Å². The van der Waals surface area contributed by atoms with Gasteiger partial charge in [0, 0.05) is 30.2 Å². The van der Waals surface area contributed by atoms with Gasteiger partial charge in [0.2, 0.25) is 0 Å². The van der Waals surface area contributed by atoms with E-state index in [1.165, 1.54) is 0 Å². The molecule has 0 aliphatic carbocycles. The summed E-state index contributed by atoms with van der Waals surface area (Å²) in [7, 11) is 0. The van der Waals surface area contributed by atoms with Gasteiger partial charge in [0.15, 0.2) is 0 Å². The maximum Gasteiger partial charge on any atom is 0.254 e. The second-order valence-corrected chi connectivity index (χ2v) is 5.96. The van der Waals surface area contributed by atoms with E-state index in [-0.39, 0.29) is 11.7 Å². The van der Waals surface area contributed by atoms with Crippen molar-refractivity contribution in [2.45, 2.75) is 0 Å². The Hall–Kier alpha value is -0.430. The Kier molecular flexibility index (Phi) is 3.96. The van der Waals surface area contributed by atoms with Crippen molar-refractivity contribution in [3.8, 4) is 5.75 Å². The standard InChI is InChI=1S/C11H12INO2S/c12-9-2-1-8(7-10(9)14)11(15)13-3-5-16-6-4-13/h1-2,7,14H,3-6H2. The maximum absolute atomic E-state index is 12.1. The lowest BCUT2D eigenvalue weighted by molar-refractivity contribution is 0.0772. The number of amides is 1. The third kappa shape index (κ3) is 2.63. The fourth-order valence-electron chi connectivity index (χ4n) is 1.59. The molecule has 5 heteroatoms. The average molecular weight is 349 g/mol. The van der Waals surface area contributed by atoms with E-state index in [9.17, 15) is 9.90 Å². The number of phenolic OH excluding ortho intramolecular Hbond substituents is 1. The first-order chi connectivity index (χ1) is 7.68. The van der Waals surface area contributed by atoms with Crippen LogP contribution in [0, 0.1) is 3.57 Å². The van der Waals surface area contributed by atoms with E-state index in [0.717, 1.165) is 28.2 Å². The van der Waals surface area contributed by atoms with Gasteiger partial charge in [-0.3, -0.25) is 4.79 Å². The highest BCUT2D eigenvalue weighted by atomic mass is 127. The number of carbonyl (C=O) groups is 1. The number of hydrogen-bond donors (Lipinski definition) is 1. The monoisotopic (exact) mass is 349 g/mol. The average Bonchev–Trinajstić information content (AvgIpc) is 2.33. The number of thioether (sulfide) groups is 1. The first-order valence-corrected chi connectivity index (χ1v) is 7.27. The van der Waals surface area contributed by atoms with Gasteiger partial charge in [-0.1, -0.05) is 0 Å². The van der Waals surface area contributed by atoms with E-state index < -0.39 is 0 Å². The topological polar surface area (TPSA) is 40.5 Å². The van der Waals surface area contributed by atoms with Crippen LogP contribution < -0.4 is 0 Å². The highest BCUT2D eigenvalue weighted by Gasteiger charge is 2.18. The molecule has 1 saturated heterocycles. The molecule has 1 aromatic rings. The molecule has 1 aliphatic heterocycles. The zero-order valence-electron chi connectivity index (χ0n) is 8.65. The molecule has 1 heterocycles. The molecule has 3 nitrogen and oxygen atoms in total. The van der Waals surface area contributed by atoms with Crippen LogP contribution in [-0.4, -0.2) is 40.5 Å². The lowest BCUT2D eigenvalue weighted by Crippen LogP contribution is -2.37. The van der Waals surface area contributed by atoms with E-state index in [4.69, 9.17) is 0 Å². The van der Waals surface area contributed by atoms with Crippen LogP contribution in [0.1, 0.15) is 10.4 Å². The molecule has 1 fully saturated rings. The van der Waals surface area contributed by atoms with Crippen molar-refractivity contribution in [2.75, 3.05) is 24.6 Å². The van der Waals surface area contributed by atoms with Crippen LogP contribution >= 0.6 is 34.4 Å². The minimum atomic E-state index is 0.0204. The van der Waals surface area contributed by atoms with Crippen LogP contribution in [0.3, 0.4) is 0 Å². The Balaban J connectivity index is 2.16. The van der Waals surface area contributed by atoms with Crippen LogP contribution in [0.25, 0.3) is 0 Å². The zero-order chi connectivity index (χ0) is 11.5. The molecule has 1 N–H and O–H groups in total. The number of nitrogens with zero attached hydrogens (tertiary/aromatic N) is 1. The van der Waals surface area contributed by atoms with E-state index in [0.29, 0.717) is 5.56 Å².